The third-order valence-corrected chi connectivity index (χ3v) is 6.14. The number of carbonyl (C=O) groups excluding carboxylic acids is 3. The van der Waals surface area contributed by atoms with E-state index in [0.29, 0.717) is 51.2 Å². The van der Waals surface area contributed by atoms with Crippen LogP contribution in [0.1, 0.15) is 63.2 Å². The number of morpholine rings is 1. The van der Waals surface area contributed by atoms with E-state index in [-0.39, 0.29) is 48.6 Å². The molecule has 0 radical (unpaired) electrons. The highest BCUT2D eigenvalue weighted by Gasteiger charge is 2.33. The number of piperidine rings is 1. The van der Waals surface area contributed by atoms with E-state index in [1.54, 1.807) is 29.2 Å². The maximum absolute atomic E-state index is 12.9. The summed E-state index contributed by atoms with van der Waals surface area (Å²) in [7, 11) is 0. The molecule has 176 valence electrons. The number of likely N-dealkylation sites (tertiary alicyclic amines) is 1. The quantitative estimate of drug-likeness (QED) is 0.575. The molecule has 2 amide bonds. The molecule has 2 unspecified atom stereocenters. The van der Waals surface area contributed by atoms with Gasteiger partial charge in [0.05, 0.1) is 18.8 Å². The summed E-state index contributed by atoms with van der Waals surface area (Å²) in [6.45, 7) is 9.09. The van der Waals surface area contributed by atoms with Crippen LogP contribution >= 0.6 is 0 Å². The minimum absolute atomic E-state index is 0.0132. The summed E-state index contributed by atoms with van der Waals surface area (Å²) in [5.74, 6) is 0.840. The SMILES string of the molecule is CCCOc1ccc(C(=O)CCC(=O)N2CCC(C(=O)N3CC(C)OC(C)C3)CC2)cc1. The van der Waals surface area contributed by atoms with E-state index >= 15 is 0 Å². The summed E-state index contributed by atoms with van der Waals surface area (Å²) in [6.07, 6.45) is 2.79. The third kappa shape index (κ3) is 6.55. The molecule has 3 rings (SSSR count). The zero-order valence-corrected chi connectivity index (χ0v) is 19.5. The van der Waals surface area contributed by atoms with E-state index in [1.807, 2.05) is 25.7 Å². The Labute approximate surface area is 191 Å². The fourth-order valence-corrected chi connectivity index (χ4v) is 4.47. The Kier molecular flexibility index (Phi) is 8.67. The first-order chi connectivity index (χ1) is 15.4. The summed E-state index contributed by atoms with van der Waals surface area (Å²) in [5.41, 5.74) is 0.597. The fourth-order valence-electron chi connectivity index (χ4n) is 4.47. The Balaban J connectivity index is 1.41. The van der Waals surface area contributed by atoms with Gasteiger partial charge in [0.25, 0.3) is 0 Å². The highest BCUT2D eigenvalue weighted by atomic mass is 16.5. The van der Waals surface area contributed by atoms with Gasteiger partial charge in [-0.2, -0.15) is 0 Å². The number of rotatable bonds is 8. The molecule has 7 heteroatoms. The van der Waals surface area contributed by atoms with Gasteiger partial charge in [0.15, 0.2) is 5.78 Å². The van der Waals surface area contributed by atoms with Gasteiger partial charge in [-0.05, 0) is 57.4 Å². The monoisotopic (exact) mass is 444 g/mol. The Morgan fingerprint density at radius 1 is 0.969 bits per heavy atom. The van der Waals surface area contributed by atoms with Crippen molar-refractivity contribution >= 4 is 17.6 Å². The second-order valence-corrected chi connectivity index (χ2v) is 8.95. The van der Waals surface area contributed by atoms with Crippen LogP contribution in [0.15, 0.2) is 24.3 Å². The highest BCUT2D eigenvalue weighted by Crippen LogP contribution is 2.23. The van der Waals surface area contributed by atoms with Crippen molar-refractivity contribution in [1.29, 1.82) is 0 Å². The number of nitrogens with zero attached hydrogens (tertiary/aromatic N) is 2. The van der Waals surface area contributed by atoms with Crippen LogP contribution < -0.4 is 4.74 Å². The van der Waals surface area contributed by atoms with Gasteiger partial charge in [-0.15, -0.1) is 0 Å². The van der Waals surface area contributed by atoms with Crippen molar-refractivity contribution in [1.82, 2.24) is 9.80 Å². The molecule has 0 aromatic heterocycles. The molecule has 0 saturated carbocycles. The van der Waals surface area contributed by atoms with Crippen LogP contribution in [0.4, 0.5) is 0 Å². The van der Waals surface area contributed by atoms with Crippen molar-refractivity contribution in [2.24, 2.45) is 5.92 Å². The summed E-state index contributed by atoms with van der Waals surface area (Å²) in [6, 6.07) is 7.09. The number of ketones is 1. The average Bonchev–Trinajstić information content (AvgIpc) is 2.80. The van der Waals surface area contributed by atoms with Crippen molar-refractivity contribution in [2.75, 3.05) is 32.8 Å². The smallest absolute Gasteiger partial charge is 0.225 e. The van der Waals surface area contributed by atoms with E-state index in [0.717, 1.165) is 12.2 Å². The average molecular weight is 445 g/mol. The molecule has 2 aliphatic rings. The van der Waals surface area contributed by atoms with Crippen LogP contribution in [-0.2, 0) is 14.3 Å². The molecule has 32 heavy (non-hydrogen) atoms. The number of benzene rings is 1. The molecule has 7 nitrogen and oxygen atoms in total. The maximum Gasteiger partial charge on any atom is 0.225 e. The van der Waals surface area contributed by atoms with E-state index in [9.17, 15) is 14.4 Å². The van der Waals surface area contributed by atoms with Gasteiger partial charge in [-0.25, -0.2) is 0 Å². The first kappa shape index (κ1) is 24.2. The predicted molar refractivity (Wildman–Crippen MR) is 122 cm³/mol. The van der Waals surface area contributed by atoms with Gasteiger partial charge in [-0.1, -0.05) is 6.92 Å². The van der Waals surface area contributed by atoms with Crippen LogP contribution in [0.2, 0.25) is 0 Å². The lowest BCUT2D eigenvalue weighted by atomic mass is 9.94. The number of ether oxygens (including phenoxy) is 2. The number of amides is 2. The predicted octanol–water partition coefficient (Wildman–Crippen LogP) is 3.31. The standard InChI is InChI=1S/C25H36N2O5/c1-4-15-31-22-7-5-20(6-8-22)23(28)9-10-24(29)26-13-11-21(12-14-26)25(30)27-16-18(2)32-19(3)17-27/h5-8,18-19,21H,4,9-17H2,1-3H3. The lowest BCUT2D eigenvalue weighted by Crippen LogP contribution is -2.51. The number of hydrogen-bond acceptors (Lipinski definition) is 5. The topological polar surface area (TPSA) is 76.2 Å². The van der Waals surface area contributed by atoms with Crippen molar-refractivity contribution in [3.05, 3.63) is 29.8 Å². The summed E-state index contributed by atoms with van der Waals surface area (Å²) < 4.78 is 11.3. The molecule has 2 saturated heterocycles. The van der Waals surface area contributed by atoms with Gasteiger partial charge >= 0.3 is 0 Å². The zero-order chi connectivity index (χ0) is 23.1. The minimum atomic E-state index is -0.0407. The summed E-state index contributed by atoms with van der Waals surface area (Å²) in [5, 5.41) is 0. The molecule has 2 aliphatic heterocycles. The fraction of sp³-hybridized carbons (Fsp3) is 0.640. The summed E-state index contributed by atoms with van der Waals surface area (Å²) >= 11 is 0. The second kappa shape index (κ2) is 11.5. The molecule has 1 aromatic carbocycles. The first-order valence-corrected chi connectivity index (χ1v) is 11.9. The number of carbonyl (C=O) groups is 3. The van der Waals surface area contributed by atoms with E-state index in [1.165, 1.54) is 0 Å². The Hall–Kier alpha value is -2.41. The highest BCUT2D eigenvalue weighted by molar-refractivity contribution is 5.98. The van der Waals surface area contributed by atoms with Gasteiger partial charge in [0, 0.05) is 50.5 Å². The normalized spacial score (nSPS) is 22.0. The van der Waals surface area contributed by atoms with Crippen LogP contribution in [0.25, 0.3) is 0 Å². The van der Waals surface area contributed by atoms with E-state index in [4.69, 9.17) is 9.47 Å². The maximum atomic E-state index is 12.9. The molecular formula is C25H36N2O5. The van der Waals surface area contributed by atoms with Crippen LogP contribution in [-0.4, -0.2) is 72.4 Å². The van der Waals surface area contributed by atoms with Crippen LogP contribution in [0.5, 0.6) is 5.75 Å². The lowest BCUT2D eigenvalue weighted by Gasteiger charge is -2.39. The molecule has 2 heterocycles. The Bertz CT molecular complexity index is 776. The van der Waals surface area contributed by atoms with Crippen molar-refractivity contribution in [2.45, 2.75) is 65.1 Å². The molecule has 2 fully saturated rings. The molecular weight excluding hydrogens is 408 g/mol. The minimum Gasteiger partial charge on any atom is -0.494 e. The number of Topliss-reactive ketones (excluding diaryl/α,β-unsaturated/α-hetero) is 1. The van der Waals surface area contributed by atoms with Gasteiger partial charge < -0.3 is 19.3 Å². The van der Waals surface area contributed by atoms with Crippen LogP contribution in [0.3, 0.4) is 0 Å². The Morgan fingerprint density at radius 2 is 1.59 bits per heavy atom. The van der Waals surface area contributed by atoms with Crippen molar-refractivity contribution in [3.63, 3.8) is 0 Å². The molecule has 0 N–H and O–H groups in total. The zero-order valence-electron chi connectivity index (χ0n) is 19.5. The number of hydrogen-bond donors (Lipinski definition) is 0. The molecule has 0 bridgehead atoms. The first-order valence-electron chi connectivity index (χ1n) is 11.9. The second-order valence-electron chi connectivity index (χ2n) is 8.95. The molecule has 0 spiro atoms. The van der Waals surface area contributed by atoms with Crippen LogP contribution in [0, 0.1) is 5.92 Å². The molecule has 1 aromatic rings. The third-order valence-electron chi connectivity index (χ3n) is 6.14. The van der Waals surface area contributed by atoms with Gasteiger partial charge in [0.1, 0.15) is 5.75 Å². The van der Waals surface area contributed by atoms with E-state index < -0.39 is 0 Å². The lowest BCUT2D eigenvalue weighted by molar-refractivity contribution is -0.150. The Morgan fingerprint density at radius 3 is 2.19 bits per heavy atom. The molecule has 2 atom stereocenters. The van der Waals surface area contributed by atoms with Crippen molar-refractivity contribution in [3.8, 4) is 5.75 Å². The van der Waals surface area contributed by atoms with E-state index in [2.05, 4.69) is 0 Å². The summed E-state index contributed by atoms with van der Waals surface area (Å²) in [4.78, 5) is 41.7. The van der Waals surface area contributed by atoms with Gasteiger partial charge in [0.2, 0.25) is 11.8 Å². The largest absolute Gasteiger partial charge is 0.494 e. The van der Waals surface area contributed by atoms with Gasteiger partial charge in [-0.3, -0.25) is 14.4 Å². The molecule has 0 aliphatic carbocycles. The van der Waals surface area contributed by atoms with Crippen molar-refractivity contribution < 1.29 is 23.9 Å².